The number of rotatable bonds is 23. The van der Waals surface area contributed by atoms with E-state index in [1.807, 2.05) is 0 Å². The third-order valence-electron chi connectivity index (χ3n) is 5.43. The monoisotopic (exact) mass is 494 g/mol. The highest BCUT2D eigenvalue weighted by Gasteiger charge is 2.22. The van der Waals surface area contributed by atoms with Crippen LogP contribution in [0.15, 0.2) is 0 Å². The Morgan fingerprint density at radius 2 is 1.15 bits per heavy atom. The highest BCUT2D eigenvalue weighted by atomic mass is 31.2. The zero-order valence-electron chi connectivity index (χ0n) is 20.8. The molecule has 0 aromatic rings. The fourth-order valence-electron chi connectivity index (χ4n) is 3.57. The van der Waals surface area contributed by atoms with Crippen molar-refractivity contribution in [2.24, 2.45) is 0 Å². The SMILES string of the molecule is CCCCCCCCCCCCCCCCCCC(=O)OC(COC(C)=O)COP(=O)(O)O. The van der Waals surface area contributed by atoms with E-state index in [1.165, 1.54) is 84.0 Å². The second-order valence-electron chi connectivity index (χ2n) is 8.75. The van der Waals surface area contributed by atoms with Gasteiger partial charge in [-0.25, -0.2) is 4.57 Å². The average Bonchev–Trinajstić information content (AvgIpc) is 2.74. The number of unbranched alkanes of at least 4 members (excludes halogenated alkanes) is 15. The van der Waals surface area contributed by atoms with E-state index in [0.717, 1.165) is 19.3 Å². The van der Waals surface area contributed by atoms with E-state index in [-0.39, 0.29) is 13.0 Å². The molecule has 2 N–H and O–H groups in total. The molecule has 8 nitrogen and oxygen atoms in total. The molecule has 9 heteroatoms. The van der Waals surface area contributed by atoms with Crippen LogP contribution in [0.4, 0.5) is 0 Å². The lowest BCUT2D eigenvalue weighted by Gasteiger charge is -2.18. The largest absolute Gasteiger partial charge is 0.469 e. The first-order valence-corrected chi connectivity index (χ1v) is 14.3. The quantitative estimate of drug-likeness (QED) is 0.0975. The predicted molar refractivity (Wildman–Crippen MR) is 129 cm³/mol. The summed E-state index contributed by atoms with van der Waals surface area (Å²) in [7, 11) is -4.70. The molecule has 196 valence electrons. The predicted octanol–water partition coefficient (Wildman–Crippen LogP) is 6.22. The van der Waals surface area contributed by atoms with Crippen LogP contribution in [0.25, 0.3) is 0 Å². The Morgan fingerprint density at radius 1 is 0.727 bits per heavy atom. The minimum Gasteiger partial charge on any atom is -0.462 e. The van der Waals surface area contributed by atoms with Crippen LogP contribution in [-0.4, -0.2) is 41.0 Å². The second kappa shape index (κ2) is 21.6. The number of phosphoric ester groups is 1. The first-order chi connectivity index (χ1) is 15.7. The summed E-state index contributed by atoms with van der Waals surface area (Å²) >= 11 is 0. The van der Waals surface area contributed by atoms with Crippen molar-refractivity contribution in [1.82, 2.24) is 0 Å². The van der Waals surface area contributed by atoms with Gasteiger partial charge in [-0.15, -0.1) is 0 Å². The summed E-state index contributed by atoms with van der Waals surface area (Å²) in [4.78, 5) is 40.4. The fraction of sp³-hybridized carbons (Fsp3) is 0.917. The zero-order valence-corrected chi connectivity index (χ0v) is 21.7. The molecular weight excluding hydrogens is 447 g/mol. The van der Waals surface area contributed by atoms with Crippen molar-refractivity contribution in [3.63, 3.8) is 0 Å². The van der Waals surface area contributed by atoms with Crippen molar-refractivity contribution in [1.29, 1.82) is 0 Å². The topological polar surface area (TPSA) is 119 Å². The van der Waals surface area contributed by atoms with Gasteiger partial charge < -0.3 is 19.3 Å². The van der Waals surface area contributed by atoms with Crippen LogP contribution in [-0.2, 0) is 28.2 Å². The van der Waals surface area contributed by atoms with Crippen LogP contribution in [0.5, 0.6) is 0 Å². The van der Waals surface area contributed by atoms with E-state index in [0.29, 0.717) is 6.42 Å². The van der Waals surface area contributed by atoms with Crippen LogP contribution in [0, 0.1) is 0 Å². The summed E-state index contributed by atoms with van der Waals surface area (Å²) in [5, 5.41) is 0. The Hall–Kier alpha value is -0.950. The van der Waals surface area contributed by atoms with Crippen molar-refractivity contribution in [3.05, 3.63) is 0 Å². The molecule has 0 aliphatic rings. The first kappa shape index (κ1) is 32.0. The zero-order chi connectivity index (χ0) is 24.8. The average molecular weight is 495 g/mol. The number of hydrogen-bond acceptors (Lipinski definition) is 6. The second-order valence-corrected chi connectivity index (χ2v) is 9.99. The van der Waals surface area contributed by atoms with E-state index in [9.17, 15) is 14.2 Å². The van der Waals surface area contributed by atoms with Crippen molar-refractivity contribution < 1.29 is 37.9 Å². The van der Waals surface area contributed by atoms with Crippen molar-refractivity contribution >= 4 is 19.8 Å². The van der Waals surface area contributed by atoms with E-state index >= 15 is 0 Å². The van der Waals surface area contributed by atoms with Gasteiger partial charge in [0.25, 0.3) is 0 Å². The Labute approximate surface area is 200 Å². The summed E-state index contributed by atoms with van der Waals surface area (Å²) in [5.74, 6) is -1.07. The van der Waals surface area contributed by atoms with E-state index in [2.05, 4.69) is 11.4 Å². The Balaban J connectivity index is 3.63. The molecule has 0 aliphatic carbocycles. The molecule has 0 aromatic carbocycles. The lowest BCUT2D eigenvalue weighted by molar-refractivity contribution is -0.160. The number of carbonyl (C=O) groups excluding carboxylic acids is 2. The van der Waals surface area contributed by atoms with Crippen LogP contribution in [0.1, 0.15) is 123 Å². The molecule has 1 unspecified atom stereocenters. The van der Waals surface area contributed by atoms with Gasteiger partial charge in [0.05, 0.1) is 6.61 Å². The maximum absolute atomic E-state index is 12.0. The maximum Gasteiger partial charge on any atom is 0.469 e. The molecule has 0 saturated carbocycles. The lowest BCUT2D eigenvalue weighted by Crippen LogP contribution is -2.29. The minimum atomic E-state index is -4.70. The Morgan fingerprint density at radius 3 is 1.55 bits per heavy atom. The van der Waals surface area contributed by atoms with E-state index in [4.69, 9.17) is 19.3 Å². The number of hydrogen-bond donors (Lipinski definition) is 2. The smallest absolute Gasteiger partial charge is 0.462 e. The lowest BCUT2D eigenvalue weighted by atomic mass is 10.0. The van der Waals surface area contributed by atoms with Gasteiger partial charge in [-0.2, -0.15) is 0 Å². The van der Waals surface area contributed by atoms with Gasteiger partial charge in [0, 0.05) is 13.3 Å². The molecule has 0 heterocycles. The molecule has 0 fully saturated rings. The van der Waals surface area contributed by atoms with Gasteiger partial charge in [0.1, 0.15) is 6.61 Å². The molecule has 0 aliphatic heterocycles. The van der Waals surface area contributed by atoms with Gasteiger partial charge in [-0.1, -0.05) is 103 Å². The van der Waals surface area contributed by atoms with Gasteiger partial charge in [-0.3, -0.25) is 14.1 Å². The summed E-state index contributed by atoms with van der Waals surface area (Å²) in [6, 6.07) is 0. The molecule has 0 radical (unpaired) electrons. The van der Waals surface area contributed by atoms with E-state index < -0.39 is 32.5 Å². The van der Waals surface area contributed by atoms with Crippen molar-refractivity contribution in [2.45, 2.75) is 129 Å². The summed E-state index contributed by atoms with van der Waals surface area (Å²) < 4.78 is 25.1. The van der Waals surface area contributed by atoms with E-state index in [1.54, 1.807) is 0 Å². The maximum atomic E-state index is 12.0. The number of ether oxygens (including phenoxy) is 2. The molecule has 0 spiro atoms. The molecule has 0 rings (SSSR count). The third-order valence-corrected chi connectivity index (χ3v) is 5.92. The molecule has 0 saturated heterocycles. The van der Waals surface area contributed by atoms with Crippen LogP contribution in [0.3, 0.4) is 0 Å². The molecule has 1 atom stereocenters. The number of esters is 2. The van der Waals surface area contributed by atoms with Crippen LogP contribution < -0.4 is 0 Å². The molecule has 0 bridgehead atoms. The van der Waals surface area contributed by atoms with Gasteiger partial charge in [0.2, 0.25) is 0 Å². The Bertz CT molecular complexity index is 535. The Kier molecular flexibility index (Phi) is 21.0. The van der Waals surface area contributed by atoms with Crippen LogP contribution >= 0.6 is 7.82 Å². The third kappa shape index (κ3) is 25.5. The molecule has 33 heavy (non-hydrogen) atoms. The van der Waals surface area contributed by atoms with Crippen molar-refractivity contribution in [3.8, 4) is 0 Å². The van der Waals surface area contributed by atoms with Gasteiger partial charge in [-0.05, 0) is 6.42 Å². The number of phosphoric acid groups is 1. The fourth-order valence-corrected chi connectivity index (χ4v) is 3.93. The molecule has 0 amide bonds. The normalized spacial score (nSPS) is 12.5. The highest BCUT2D eigenvalue weighted by molar-refractivity contribution is 7.46. The van der Waals surface area contributed by atoms with Crippen molar-refractivity contribution in [2.75, 3.05) is 13.2 Å². The van der Waals surface area contributed by atoms with Gasteiger partial charge >= 0.3 is 19.8 Å². The minimum absolute atomic E-state index is 0.213. The first-order valence-electron chi connectivity index (χ1n) is 12.8. The summed E-state index contributed by atoms with van der Waals surface area (Å²) in [5.41, 5.74) is 0. The molecular formula is C24H47O8P. The summed E-state index contributed by atoms with van der Waals surface area (Å²) in [6.45, 7) is 2.60. The molecule has 0 aromatic heterocycles. The number of carbonyl (C=O) groups is 2. The highest BCUT2D eigenvalue weighted by Crippen LogP contribution is 2.35. The van der Waals surface area contributed by atoms with Crippen LogP contribution in [0.2, 0.25) is 0 Å². The summed E-state index contributed by atoms with van der Waals surface area (Å²) in [6.07, 6.45) is 19.1. The van der Waals surface area contributed by atoms with Gasteiger partial charge in [0.15, 0.2) is 6.10 Å². The standard InChI is InChI=1S/C24H47O8P/c1-3-4-5-6-7-8-9-10-11-12-13-14-15-16-17-18-19-24(26)32-23(20-30-22(2)25)21-31-33(27,28)29/h23H,3-21H2,1-2H3,(H2,27,28,29).